The number of ether oxygens (including phenoxy) is 1. The summed E-state index contributed by atoms with van der Waals surface area (Å²) in [6.45, 7) is 7.64. The lowest BCUT2D eigenvalue weighted by Gasteiger charge is -2.32. The molecule has 2 fully saturated rings. The third kappa shape index (κ3) is 6.40. The predicted molar refractivity (Wildman–Crippen MR) is 124 cm³/mol. The molecule has 1 saturated heterocycles. The molecular formula is C25H30BF3NO4-. The Labute approximate surface area is 198 Å². The number of hydrogen-bond acceptors (Lipinski definition) is 4. The molecule has 0 bridgehead atoms. The van der Waals surface area contributed by atoms with E-state index in [1.807, 2.05) is 58.0 Å². The van der Waals surface area contributed by atoms with E-state index in [0.717, 1.165) is 30.5 Å². The first-order chi connectivity index (χ1) is 15.8. The van der Waals surface area contributed by atoms with Crippen LogP contribution in [0.5, 0.6) is 0 Å². The number of esters is 1. The fourth-order valence-electron chi connectivity index (χ4n) is 3.30. The first-order valence-corrected chi connectivity index (χ1v) is 11.2. The molecular weight excluding hydrogens is 446 g/mol. The van der Waals surface area contributed by atoms with E-state index in [1.54, 1.807) is 0 Å². The smallest absolute Gasteiger partial charge is 0.495 e. The van der Waals surface area contributed by atoms with Crippen molar-refractivity contribution in [3.05, 3.63) is 71.0 Å². The summed E-state index contributed by atoms with van der Waals surface area (Å²) >= 11 is 0. The van der Waals surface area contributed by atoms with Crippen molar-refractivity contribution in [1.29, 1.82) is 0 Å². The Morgan fingerprint density at radius 2 is 1.65 bits per heavy atom. The monoisotopic (exact) mass is 476 g/mol. The minimum absolute atomic E-state index is 0.0381. The van der Waals surface area contributed by atoms with Gasteiger partial charge < -0.3 is 19.8 Å². The standard InChI is InChI=1S/C14H18BF3NO2.C11H12O2/c1-12(2)13(3,4)21-15(20-12)11-6-5-10(14(16,17)18)7-9(11)8-19;12-11(10-6-7-10)13-8-9-4-2-1-3-5-9/h5-7,19H,8H2,1-4H3;1-5,10H,6-8H2/q-1;. The Kier molecular flexibility index (Phi) is 7.80. The average molecular weight is 476 g/mol. The highest BCUT2D eigenvalue weighted by Gasteiger charge is 2.52. The number of nitrogens with one attached hydrogen (secondary N) is 1. The van der Waals surface area contributed by atoms with Gasteiger partial charge in [-0.3, -0.25) is 4.79 Å². The number of alkyl halides is 3. The Hall–Kier alpha value is -2.36. The molecule has 2 aromatic rings. The molecule has 1 heterocycles. The van der Waals surface area contributed by atoms with Gasteiger partial charge in [0.25, 0.3) is 0 Å². The normalized spacial score (nSPS) is 18.8. The van der Waals surface area contributed by atoms with Gasteiger partial charge in [0.05, 0.1) is 22.7 Å². The minimum atomic E-state index is -4.42. The second-order valence-electron chi connectivity index (χ2n) is 9.54. The lowest BCUT2D eigenvalue weighted by Crippen LogP contribution is -2.41. The summed E-state index contributed by atoms with van der Waals surface area (Å²) in [4.78, 5) is 11.2. The molecule has 5 nitrogen and oxygen atoms in total. The Balaban J connectivity index is 0.000000212. The van der Waals surface area contributed by atoms with Gasteiger partial charge in [-0.2, -0.15) is 13.2 Å². The molecule has 1 saturated carbocycles. The van der Waals surface area contributed by atoms with Gasteiger partial charge in [0.15, 0.2) is 0 Å². The van der Waals surface area contributed by atoms with Crippen molar-refractivity contribution in [3.8, 4) is 0 Å². The van der Waals surface area contributed by atoms with Crippen molar-refractivity contribution in [2.45, 2.75) is 71.1 Å². The summed E-state index contributed by atoms with van der Waals surface area (Å²) in [5, 5.41) is 0. The Morgan fingerprint density at radius 3 is 2.15 bits per heavy atom. The maximum absolute atomic E-state index is 12.7. The van der Waals surface area contributed by atoms with Crippen molar-refractivity contribution in [2.24, 2.45) is 5.92 Å². The number of benzene rings is 2. The number of rotatable bonds is 5. The zero-order valence-corrected chi connectivity index (χ0v) is 19.9. The SMILES string of the molecule is CC1(C)OB(c2ccc(C(F)(F)F)cc2C[NH-])OC1(C)C.O=C(OCc1ccccc1)C1CC1. The van der Waals surface area contributed by atoms with Crippen LogP contribution in [0.25, 0.3) is 5.73 Å². The molecule has 34 heavy (non-hydrogen) atoms. The third-order valence-electron chi connectivity index (χ3n) is 6.30. The van der Waals surface area contributed by atoms with E-state index >= 15 is 0 Å². The quantitative estimate of drug-likeness (QED) is 0.410. The maximum atomic E-state index is 12.7. The van der Waals surface area contributed by atoms with Gasteiger partial charge >= 0.3 is 19.3 Å². The van der Waals surface area contributed by atoms with Crippen LogP contribution in [0.4, 0.5) is 13.2 Å². The molecule has 0 amide bonds. The number of hydrogen-bond donors (Lipinski definition) is 0. The van der Waals surface area contributed by atoms with Gasteiger partial charge in [-0.25, -0.2) is 0 Å². The van der Waals surface area contributed by atoms with E-state index in [-0.39, 0.29) is 24.0 Å². The maximum Gasteiger partial charge on any atom is 0.495 e. The van der Waals surface area contributed by atoms with Crippen LogP contribution in [-0.2, 0) is 38.2 Å². The Bertz CT molecular complexity index is 975. The molecule has 0 spiro atoms. The van der Waals surface area contributed by atoms with Crippen LogP contribution in [0.3, 0.4) is 0 Å². The van der Waals surface area contributed by atoms with Crippen LogP contribution >= 0.6 is 0 Å². The molecule has 0 aromatic heterocycles. The molecule has 0 atom stereocenters. The molecule has 1 aliphatic heterocycles. The van der Waals surface area contributed by atoms with Crippen LogP contribution < -0.4 is 5.46 Å². The number of halogens is 3. The topological polar surface area (TPSA) is 68.6 Å². The highest BCUT2D eigenvalue weighted by molar-refractivity contribution is 6.62. The fourth-order valence-corrected chi connectivity index (χ4v) is 3.30. The van der Waals surface area contributed by atoms with Gasteiger partial charge in [0.2, 0.25) is 0 Å². The van der Waals surface area contributed by atoms with Gasteiger partial charge in [-0.05, 0) is 57.6 Å². The summed E-state index contributed by atoms with van der Waals surface area (Å²) < 4.78 is 55.0. The zero-order valence-electron chi connectivity index (χ0n) is 19.9. The van der Waals surface area contributed by atoms with E-state index in [1.165, 1.54) is 6.07 Å². The lowest BCUT2D eigenvalue weighted by atomic mass is 9.75. The molecule has 2 aromatic carbocycles. The summed E-state index contributed by atoms with van der Waals surface area (Å²) in [7, 11) is -0.752. The molecule has 1 N–H and O–H groups in total. The van der Waals surface area contributed by atoms with Crippen LogP contribution in [0, 0.1) is 5.92 Å². The first-order valence-electron chi connectivity index (χ1n) is 11.2. The molecule has 184 valence electrons. The summed E-state index contributed by atoms with van der Waals surface area (Å²) in [6.07, 6.45) is -2.40. The van der Waals surface area contributed by atoms with E-state index in [2.05, 4.69) is 0 Å². The van der Waals surface area contributed by atoms with Crippen LogP contribution in [0.2, 0.25) is 0 Å². The van der Waals surface area contributed by atoms with Gasteiger partial charge in [0, 0.05) is 0 Å². The van der Waals surface area contributed by atoms with E-state index in [4.69, 9.17) is 19.8 Å². The largest absolute Gasteiger partial charge is 0.674 e. The predicted octanol–water partition coefficient (Wildman–Crippen LogP) is 5.70. The van der Waals surface area contributed by atoms with Crippen molar-refractivity contribution >= 4 is 18.6 Å². The molecule has 0 radical (unpaired) electrons. The van der Waals surface area contributed by atoms with Crippen molar-refractivity contribution in [1.82, 2.24) is 0 Å². The van der Waals surface area contributed by atoms with E-state index in [9.17, 15) is 18.0 Å². The van der Waals surface area contributed by atoms with E-state index in [0.29, 0.717) is 12.1 Å². The molecule has 9 heteroatoms. The lowest BCUT2D eigenvalue weighted by molar-refractivity contribution is -0.146. The third-order valence-corrected chi connectivity index (χ3v) is 6.30. The number of carbonyl (C=O) groups is 1. The summed E-state index contributed by atoms with van der Waals surface area (Å²) in [6, 6.07) is 13.1. The fraction of sp³-hybridized carbons (Fsp3) is 0.480. The van der Waals surface area contributed by atoms with Crippen molar-refractivity contribution < 1.29 is 32.0 Å². The minimum Gasteiger partial charge on any atom is -0.674 e. The van der Waals surface area contributed by atoms with Crippen LogP contribution in [0.1, 0.15) is 57.2 Å². The second kappa shape index (κ2) is 10.1. The second-order valence-corrected chi connectivity index (χ2v) is 9.54. The van der Waals surface area contributed by atoms with Crippen LogP contribution in [-0.4, -0.2) is 24.3 Å². The van der Waals surface area contributed by atoms with Crippen molar-refractivity contribution in [2.75, 3.05) is 0 Å². The molecule has 2 aliphatic rings. The Morgan fingerprint density at radius 1 is 1.06 bits per heavy atom. The van der Waals surface area contributed by atoms with Gasteiger partial charge in [-0.1, -0.05) is 48.0 Å². The molecule has 0 unspecified atom stereocenters. The van der Waals surface area contributed by atoms with Gasteiger partial charge in [0.1, 0.15) is 6.61 Å². The highest BCUT2D eigenvalue weighted by atomic mass is 19.4. The van der Waals surface area contributed by atoms with Crippen molar-refractivity contribution in [3.63, 3.8) is 0 Å². The summed E-state index contributed by atoms with van der Waals surface area (Å²) in [5.41, 5.74) is 7.37. The molecule has 4 rings (SSSR count). The number of carbonyl (C=O) groups excluding carboxylic acids is 1. The first kappa shape index (κ1) is 26.3. The van der Waals surface area contributed by atoms with Gasteiger partial charge in [-0.15, -0.1) is 6.54 Å². The zero-order chi connectivity index (χ0) is 25.1. The summed E-state index contributed by atoms with van der Waals surface area (Å²) in [5.74, 6) is 0.160. The van der Waals surface area contributed by atoms with E-state index < -0.39 is 30.1 Å². The van der Waals surface area contributed by atoms with Crippen LogP contribution in [0.15, 0.2) is 48.5 Å². The highest BCUT2D eigenvalue weighted by Crippen LogP contribution is 2.37. The molecule has 1 aliphatic carbocycles. The average Bonchev–Trinajstić information content (AvgIpc) is 3.59.